The Kier molecular flexibility index (Phi) is 5.18. The molecular formula is C19H20N2O4. The molecular weight excluding hydrogens is 320 g/mol. The number of aromatic carboxylic acids is 1. The molecule has 6 heteroatoms. The molecule has 2 aromatic rings. The Morgan fingerprint density at radius 2 is 1.80 bits per heavy atom. The van der Waals surface area contributed by atoms with Crippen molar-refractivity contribution in [3.8, 4) is 0 Å². The summed E-state index contributed by atoms with van der Waals surface area (Å²) >= 11 is 0. The molecule has 0 aromatic heterocycles. The van der Waals surface area contributed by atoms with E-state index in [0.717, 1.165) is 37.2 Å². The average Bonchev–Trinajstić information content (AvgIpc) is 3.16. The first-order chi connectivity index (χ1) is 12.1. The molecule has 1 amide bonds. The fraction of sp³-hybridized carbons (Fsp3) is 0.263. The van der Waals surface area contributed by atoms with Crippen LogP contribution in [0.4, 0.5) is 16.2 Å². The van der Waals surface area contributed by atoms with Gasteiger partial charge in [-0.3, -0.25) is 5.32 Å². The minimum Gasteiger partial charge on any atom is -0.478 e. The predicted molar refractivity (Wildman–Crippen MR) is 95.1 cm³/mol. The summed E-state index contributed by atoms with van der Waals surface area (Å²) < 4.78 is 5.14. The Morgan fingerprint density at radius 3 is 2.48 bits per heavy atom. The largest absolute Gasteiger partial charge is 0.478 e. The van der Waals surface area contributed by atoms with E-state index in [9.17, 15) is 14.7 Å². The summed E-state index contributed by atoms with van der Waals surface area (Å²) in [6.45, 7) is 1.97. The Hall–Kier alpha value is -3.02. The number of hydrogen-bond acceptors (Lipinski definition) is 4. The molecule has 1 fully saturated rings. The summed E-state index contributed by atoms with van der Waals surface area (Å²) in [7, 11) is 0. The number of carbonyl (C=O) groups excluding carboxylic acids is 1. The maximum Gasteiger partial charge on any atom is 0.411 e. The standard InChI is InChI=1S/C19H20N2O4/c22-18(23)16-12-15(21-10-4-5-11-21)8-9-17(16)20-19(24)25-13-14-6-2-1-3-7-14/h1-3,6-9,12H,4-5,10-11,13H2,(H,20,24)(H,22,23). The molecule has 2 aromatic carbocycles. The molecule has 3 rings (SSSR count). The van der Waals surface area contributed by atoms with Gasteiger partial charge in [0.1, 0.15) is 6.61 Å². The average molecular weight is 340 g/mol. The van der Waals surface area contributed by atoms with Crippen LogP contribution in [0.15, 0.2) is 48.5 Å². The third-order valence-corrected chi connectivity index (χ3v) is 4.15. The topological polar surface area (TPSA) is 78.9 Å². The number of rotatable bonds is 5. The van der Waals surface area contributed by atoms with Gasteiger partial charge in [-0.1, -0.05) is 30.3 Å². The fourth-order valence-corrected chi connectivity index (χ4v) is 2.86. The van der Waals surface area contributed by atoms with Crippen molar-refractivity contribution in [2.24, 2.45) is 0 Å². The van der Waals surface area contributed by atoms with Gasteiger partial charge in [-0.25, -0.2) is 9.59 Å². The molecule has 0 saturated carbocycles. The van der Waals surface area contributed by atoms with E-state index >= 15 is 0 Å². The molecule has 0 atom stereocenters. The third-order valence-electron chi connectivity index (χ3n) is 4.15. The van der Waals surface area contributed by atoms with Gasteiger partial charge in [0.05, 0.1) is 11.3 Å². The van der Waals surface area contributed by atoms with Gasteiger partial charge in [0, 0.05) is 18.8 Å². The van der Waals surface area contributed by atoms with Gasteiger partial charge in [0.15, 0.2) is 0 Å². The molecule has 0 radical (unpaired) electrons. The first-order valence-electron chi connectivity index (χ1n) is 8.23. The summed E-state index contributed by atoms with van der Waals surface area (Å²) in [5.74, 6) is -1.08. The molecule has 1 heterocycles. The maximum atomic E-state index is 12.0. The number of amides is 1. The van der Waals surface area contributed by atoms with Crippen LogP contribution in [0, 0.1) is 0 Å². The van der Waals surface area contributed by atoms with E-state index in [1.807, 2.05) is 36.4 Å². The number of nitrogens with one attached hydrogen (secondary N) is 1. The second kappa shape index (κ2) is 7.70. The smallest absolute Gasteiger partial charge is 0.411 e. The third kappa shape index (κ3) is 4.29. The van der Waals surface area contributed by atoms with Gasteiger partial charge < -0.3 is 14.7 Å². The molecule has 1 aliphatic heterocycles. The second-order valence-electron chi connectivity index (χ2n) is 5.92. The Labute approximate surface area is 146 Å². The maximum absolute atomic E-state index is 12.0. The molecule has 6 nitrogen and oxygen atoms in total. The number of anilines is 2. The van der Waals surface area contributed by atoms with Crippen LogP contribution in [0.3, 0.4) is 0 Å². The van der Waals surface area contributed by atoms with Crippen LogP contribution in [0.2, 0.25) is 0 Å². The molecule has 25 heavy (non-hydrogen) atoms. The summed E-state index contributed by atoms with van der Waals surface area (Å²) in [4.78, 5) is 25.6. The zero-order valence-corrected chi connectivity index (χ0v) is 13.8. The van der Waals surface area contributed by atoms with Crippen LogP contribution in [-0.2, 0) is 11.3 Å². The van der Waals surface area contributed by atoms with Crippen LogP contribution < -0.4 is 10.2 Å². The van der Waals surface area contributed by atoms with Crippen LogP contribution in [0.5, 0.6) is 0 Å². The number of hydrogen-bond donors (Lipinski definition) is 2. The van der Waals surface area contributed by atoms with Gasteiger partial charge in [0.2, 0.25) is 0 Å². The highest BCUT2D eigenvalue weighted by Gasteiger charge is 2.18. The predicted octanol–water partition coefficient (Wildman–Crippen LogP) is 3.73. The highest BCUT2D eigenvalue weighted by Crippen LogP contribution is 2.26. The summed E-state index contributed by atoms with van der Waals surface area (Å²) in [6, 6.07) is 14.3. The lowest BCUT2D eigenvalue weighted by atomic mass is 10.1. The number of nitrogens with zero attached hydrogens (tertiary/aromatic N) is 1. The van der Waals surface area contributed by atoms with Crippen molar-refractivity contribution in [1.82, 2.24) is 0 Å². The molecule has 1 saturated heterocycles. The zero-order chi connectivity index (χ0) is 17.6. The molecule has 0 aliphatic carbocycles. The lowest BCUT2D eigenvalue weighted by molar-refractivity contribution is 0.0698. The number of carboxylic acids is 1. The lowest BCUT2D eigenvalue weighted by Crippen LogP contribution is -2.19. The van der Waals surface area contributed by atoms with Crippen LogP contribution >= 0.6 is 0 Å². The number of carboxylic acid groups (broad SMARTS) is 1. The Bertz CT molecular complexity index is 755. The van der Waals surface area contributed by atoms with E-state index in [1.54, 1.807) is 12.1 Å². The highest BCUT2D eigenvalue weighted by molar-refractivity contribution is 5.99. The molecule has 0 bridgehead atoms. The van der Waals surface area contributed by atoms with Crippen molar-refractivity contribution in [2.75, 3.05) is 23.3 Å². The number of benzene rings is 2. The monoisotopic (exact) mass is 340 g/mol. The Balaban J connectivity index is 1.68. The fourth-order valence-electron chi connectivity index (χ4n) is 2.86. The lowest BCUT2D eigenvalue weighted by Gasteiger charge is -2.19. The minimum absolute atomic E-state index is 0.0565. The minimum atomic E-state index is -1.08. The van der Waals surface area contributed by atoms with Crippen molar-refractivity contribution >= 4 is 23.4 Å². The van der Waals surface area contributed by atoms with Crippen molar-refractivity contribution in [3.05, 3.63) is 59.7 Å². The van der Waals surface area contributed by atoms with Gasteiger partial charge in [-0.15, -0.1) is 0 Å². The highest BCUT2D eigenvalue weighted by atomic mass is 16.5. The molecule has 0 spiro atoms. The van der Waals surface area contributed by atoms with E-state index in [2.05, 4.69) is 10.2 Å². The van der Waals surface area contributed by atoms with Crippen molar-refractivity contribution in [3.63, 3.8) is 0 Å². The first kappa shape index (κ1) is 16.8. The summed E-state index contributed by atoms with van der Waals surface area (Å²) in [5.41, 5.74) is 2.01. The number of ether oxygens (including phenoxy) is 1. The van der Waals surface area contributed by atoms with E-state index in [0.29, 0.717) is 0 Å². The van der Waals surface area contributed by atoms with E-state index in [-0.39, 0.29) is 17.9 Å². The molecule has 2 N–H and O–H groups in total. The van der Waals surface area contributed by atoms with Crippen LogP contribution in [0.25, 0.3) is 0 Å². The Morgan fingerprint density at radius 1 is 1.08 bits per heavy atom. The van der Waals surface area contributed by atoms with Crippen LogP contribution in [-0.4, -0.2) is 30.3 Å². The van der Waals surface area contributed by atoms with Gasteiger partial charge in [0.25, 0.3) is 0 Å². The summed E-state index contributed by atoms with van der Waals surface area (Å²) in [6.07, 6.45) is 1.53. The second-order valence-corrected chi connectivity index (χ2v) is 5.92. The van der Waals surface area contributed by atoms with Gasteiger partial charge in [-0.05, 0) is 36.6 Å². The first-order valence-corrected chi connectivity index (χ1v) is 8.23. The zero-order valence-electron chi connectivity index (χ0n) is 13.8. The van der Waals surface area contributed by atoms with Crippen LogP contribution in [0.1, 0.15) is 28.8 Å². The summed E-state index contributed by atoms with van der Waals surface area (Å²) in [5, 5.41) is 12.0. The normalized spacial score (nSPS) is 13.5. The SMILES string of the molecule is O=C(Nc1ccc(N2CCCC2)cc1C(=O)O)OCc1ccccc1. The van der Waals surface area contributed by atoms with Gasteiger partial charge in [-0.2, -0.15) is 0 Å². The van der Waals surface area contributed by atoms with E-state index < -0.39 is 12.1 Å². The van der Waals surface area contributed by atoms with E-state index in [4.69, 9.17) is 4.74 Å². The van der Waals surface area contributed by atoms with Crippen molar-refractivity contribution in [2.45, 2.75) is 19.4 Å². The quantitative estimate of drug-likeness (QED) is 0.867. The van der Waals surface area contributed by atoms with Crippen molar-refractivity contribution in [1.29, 1.82) is 0 Å². The molecule has 0 unspecified atom stereocenters. The molecule has 130 valence electrons. The number of carbonyl (C=O) groups is 2. The molecule has 1 aliphatic rings. The van der Waals surface area contributed by atoms with Gasteiger partial charge >= 0.3 is 12.1 Å². The van der Waals surface area contributed by atoms with E-state index in [1.165, 1.54) is 0 Å². The van der Waals surface area contributed by atoms with Crippen molar-refractivity contribution < 1.29 is 19.4 Å².